The fraction of sp³-hybridized carbons (Fsp3) is 0.256. The van der Waals surface area contributed by atoms with Crippen LogP contribution in [0.2, 0.25) is 3.63 Å². The van der Waals surface area contributed by atoms with Crippen molar-refractivity contribution < 1.29 is 46.1 Å². The van der Waals surface area contributed by atoms with Crippen molar-refractivity contribution in [3.8, 4) is 11.1 Å². The number of hydrogen-bond acceptors (Lipinski definition) is 0. The van der Waals surface area contributed by atoms with Crippen molar-refractivity contribution in [2.45, 2.75) is 62.4 Å². The van der Waals surface area contributed by atoms with Crippen molar-refractivity contribution in [1.29, 1.82) is 0 Å². The molecule has 214 valence electrons. The maximum atomic E-state index is 2.49. The van der Waals surface area contributed by atoms with Gasteiger partial charge in [0.25, 0.3) is 0 Å². The third-order valence-corrected chi connectivity index (χ3v) is 16.6. The van der Waals surface area contributed by atoms with Crippen LogP contribution < -0.4 is 28.1 Å². The Morgan fingerprint density at radius 2 is 1.19 bits per heavy atom. The van der Waals surface area contributed by atoms with Gasteiger partial charge in [0.15, 0.2) is 0 Å². The number of benzene rings is 4. The summed E-state index contributed by atoms with van der Waals surface area (Å²) in [5.41, 5.74) is 11.9. The van der Waals surface area contributed by atoms with Crippen molar-refractivity contribution >= 4 is 6.48 Å². The summed E-state index contributed by atoms with van der Waals surface area (Å²) in [5.74, 6) is 0. The monoisotopic (exact) mass is 668 g/mol. The van der Waals surface area contributed by atoms with Crippen molar-refractivity contribution in [1.82, 2.24) is 0 Å². The van der Waals surface area contributed by atoms with Crippen molar-refractivity contribution in [3.05, 3.63) is 149 Å². The summed E-state index contributed by atoms with van der Waals surface area (Å²) in [4.78, 5) is 0. The molecule has 0 aromatic heterocycles. The van der Waals surface area contributed by atoms with E-state index >= 15 is 0 Å². The molecule has 2 aliphatic carbocycles. The Kier molecular flexibility index (Phi) is 9.89. The first-order chi connectivity index (χ1) is 19.1. The summed E-state index contributed by atoms with van der Waals surface area (Å²) in [6.07, 6.45) is 10.6. The van der Waals surface area contributed by atoms with E-state index in [2.05, 4.69) is 157 Å². The van der Waals surface area contributed by atoms with Gasteiger partial charge in [-0.25, -0.2) is 0 Å². The van der Waals surface area contributed by atoms with E-state index in [-0.39, 0.29) is 35.6 Å². The van der Waals surface area contributed by atoms with Gasteiger partial charge in [0.2, 0.25) is 0 Å². The average molecular weight is 671 g/mol. The third kappa shape index (κ3) is 6.17. The van der Waals surface area contributed by atoms with E-state index in [1.165, 1.54) is 33.4 Å². The molecule has 0 nitrogen and oxygen atoms in total. The molecule has 0 unspecified atom stereocenters. The van der Waals surface area contributed by atoms with E-state index < -0.39 is 21.3 Å². The fourth-order valence-electron chi connectivity index (χ4n) is 6.45. The summed E-state index contributed by atoms with van der Waals surface area (Å²) in [6.45, 7) is 14.2. The van der Waals surface area contributed by atoms with Gasteiger partial charge >= 0.3 is 250 Å². The van der Waals surface area contributed by atoms with Crippen LogP contribution in [0.15, 0.2) is 115 Å². The van der Waals surface area contributed by atoms with Crippen molar-refractivity contribution in [3.63, 3.8) is 0 Å². The average Bonchev–Trinajstić information content (AvgIpc) is 3.59. The van der Waals surface area contributed by atoms with Crippen LogP contribution in [-0.2, 0) is 38.5 Å². The van der Waals surface area contributed by atoms with Crippen LogP contribution >= 0.6 is 0 Å². The topological polar surface area (TPSA) is 0 Å². The van der Waals surface area contributed by atoms with Gasteiger partial charge < -0.3 is 24.8 Å². The molecular formula is C39H40Cl2Zr. The molecule has 0 N–H and O–H groups in total. The van der Waals surface area contributed by atoms with E-state index in [9.17, 15) is 0 Å². The van der Waals surface area contributed by atoms with E-state index in [0.717, 1.165) is 6.42 Å². The number of allylic oxidation sites excluding steroid dienone is 4. The van der Waals surface area contributed by atoms with Crippen LogP contribution in [0.25, 0.3) is 11.1 Å². The molecule has 0 saturated carbocycles. The maximum Gasteiger partial charge on any atom is -1.00 e. The molecule has 0 aliphatic heterocycles. The number of fused-ring (bicyclic) bond motifs is 3. The number of hydrogen-bond donors (Lipinski definition) is 0. The summed E-state index contributed by atoms with van der Waals surface area (Å²) >= 11 is -2.67. The number of rotatable bonds is 4. The van der Waals surface area contributed by atoms with E-state index in [0.29, 0.717) is 3.63 Å². The second kappa shape index (κ2) is 12.7. The second-order valence-corrected chi connectivity index (χ2v) is 19.5. The Morgan fingerprint density at radius 3 is 1.71 bits per heavy atom. The molecule has 0 saturated heterocycles. The third-order valence-electron chi connectivity index (χ3n) is 8.49. The minimum Gasteiger partial charge on any atom is -1.00 e. The second-order valence-electron chi connectivity index (χ2n) is 13.4. The zero-order valence-electron chi connectivity index (χ0n) is 25.5. The van der Waals surface area contributed by atoms with Crippen molar-refractivity contribution in [2.75, 3.05) is 0 Å². The first kappa shape index (κ1) is 32.6. The first-order valence-electron chi connectivity index (χ1n) is 14.6. The minimum atomic E-state index is -2.67. The Morgan fingerprint density at radius 1 is 0.643 bits per heavy atom. The molecule has 0 heterocycles. The van der Waals surface area contributed by atoms with Crippen LogP contribution in [0, 0.1) is 0 Å². The predicted molar refractivity (Wildman–Crippen MR) is 170 cm³/mol. The first-order valence-corrected chi connectivity index (χ1v) is 18.5. The van der Waals surface area contributed by atoms with E-state index in [4.69, 9.17) is 0 Å². The Hall–Kier alpha value is -2.31. The van der Waals surface area contributed by atoms with E-state index in [1.54, 1.807) is 17.6 Å². The standard InChI is InChI=1S/C21H25.C13H10.C5H5.2ClH.Zr/c1-20(2,3)16-7-9-18-14(12-16)11-15-13-17(21(4,5)6)8-10-19(15)18;1-3-7-12(8-4-1)11-13-9-5-2-6-10-13;1-2-4-5-3-1;;;/h7-10,12H,11H2,1-6H3;1-10H;1-5H;2*1H;/q;;;;;+2/p-2. The van der Waals surface area contributed by atoms with Crippen LogP contribution in [0.1, 0.15) is 74.9 Å². The summed E-state index contributed by atoms with van der Waals surface area (Å²) in [6, 6.07) is 34.7. The molecule has 0 spiro atoms. The van der Waals surface area contributed by atoms with Gasteiger partial charge in [-0.05, 0) is 0 Å². The quantitative estimate of drug-likeness (QED) is 0.276. The van der Waals surface area contributed by atoms with Gasteiger partial charge in [-0.2, -0.15) is 0 Å². The molecule has 0 bridgehead atoms. The molecule has 42 heavy (non-hydrogen) atoms. The molecular weight excluding hydrogens is 631 g/mol. The smallest absolute Gasteiger partial charge is 1.00 e. The Labute approximate surface area is 273 Å². The summed E-state index contributed by atoms with van der Waals surface area (Å²) < 4.78 is 3.80. The SMILES string of the molecule is CC(C)(C)c1ccc2c(c1)Cc1c-2ccc(C(C)(C)C)[c]1[Zr+2](=[C](c1ccccc1)c1ccccc1)[CH]1C=CC=C1.[Cl-].[Cl-]. The molecule has 0 radical (unpaired) electrons. The van der Waals surface area contributed by atoms with Crippen LogP contribution in [-0.4, -0.2) is 3.21 Å². The largest absolute Gasteiger partial charge is 1.00 e. The predicted octanol–water partition coefficient (Wildman–Crippen LogP) is 3.29. The van der Waals surface area contributed by atoms with Crippen LogP contribution in [0.5, 0.6) is 0 Å². The fourth-order valence-corrected chi connectivity index (χ4v) is 15.7. The minimum absolute atomic E-state index is 0. The van der Waals surface area contributed by atoms with Crippen LogP contribution in [0.4, 0.5) is 0 Å². The van der Waals surface area contributed by atoms with E-state index in [1.807, 2.05) is 0 Å². The zero-order valence-corrected chi connectivity index (χ0v) is 29.5. The normalized spacial score (nSPS) is 13.5. The Bertz CT molecular complexity index is 1610. The maximum absolute atomic E-state index is 2.67. The molecule has 0 atom stereocenters. The van der Waals surface area contributed by atoms with Gasteiger partial charge in [0.05, 0.1) is 0 Å². The van der Waals surface area contributed by atoms with Gasteiger partial charge in [0.1, 0.15) is 0 Å². The van der Waals surface area contributed by atoms with Gasteiger partial charge in [0, 0.05) is 0 Å². The molecule has 6 rings (SSSR count). The van der Waals surface area contributed by atoms with Gasteiger partial charge in [-0.1, -0.05) is 0 Å². The van der Waals surface area contributed by atoms with Gasteiger partial charge in [-0.15, -0.1) is 0 Å². The number of halogens is 2. The summed E-state index contributed by atoms with van der Waals surface area (Å²) in [7, 11) is 0. The van der Waals surface area contributed by atoms with Crippen molar-refractivity contribution in [2.24, 2.45) is 0 Å². The molecule has 3 heteroatoms. The molecule has 0 fully saturated rings. The van der Waals surface area contributed by atoms with Crippen LogP contribution in [0.3, 0.4) is 0 Å². The van der Waals surface area contributed by atoms with Gasteiger partial charge in [-0.3, -0.25) is 0 Å². The summed E-state index contributed by atoms with van der Waals surface area (Å²) in [5, 5.41) is 0. The zero-order chi connectivity index (χ0) is 28.1. The molecule has 4 aromatic carbocycles. The molecule has 2 aliphatic rings. The molecule has 0 amide bonds. The Balaban J connectivity index is 0.00000202. The molecule has 4 aromatic rings.